The lowest BCUT2D eigenvalue weighted by molar-refractivity contribution is 0.745. The highest BCUT2D eigenvalue weighted by molar-refractivity contribution is 5.74. The summed E-state index contributed by atoms with van der Waals surface area (Å²) in [7, 11) is 0. The van der Waals surface area contributed by atoms with Crippen LogP contribution in [0.5, 0.6) is 0 Å². The van der Waals surface area contributed by atoms with E-state index in [1.165, 1.54) is 0 Å². The first-order valence-corrected chi connectivity index (χ1v) is 24.1. The Morgan fingerprint density at radius 3 is 0.589 bits per heavy atom. The number of aromatic nitrogens is 8. The van der Waals surface area contributed by atoms with E-state index in [0.29, 0.717) is 0 Å². The number of benzene rings is 4. The maximum Gasteiger partial charge on any atom is 0.0717 e. The third-order valence-electron chi connectivity index (χ3n) is 13.5. The van der Waals surface area contributed by atoms with Gasteiger partial charge in [0.05, 0.1) is 28.2 Å². The monoisotopic (exact) mass is 936 g/mol. The summed E-state index contributed by atoms with van der Waals surface area (Å²) in [5, 5.41) is 0. The van der Waals surface area contributed by atoms with Gasteiger partial charge < -0.3 is 0 Å². The maximum atomic E-state index is 4.84. The van der Waals surface area contributed by atoms with E-state index >= 15 is 0 Å². The summed E-state index contributed by atoms with van der Waals surface area (Å²) in [6.45, 7) is 0. The second-order valence-electron chi connectivity index (χ2n) is 17.8. The molecule has 0 atom stereocenters. The van der Waals surface area contributed by atoms with Gasteiger partial charge in [0.15, 0.2) is 0 Å². The molecule has 0 amide bonds. The van der Waals surface area contributed by atoms with Crippen LogP contribution in [0.1, 0.15) is 22.3 Å². The first-order chi connectivity index (χ1) is 36.2. The van der Waals surface area contributed by atoms with Crippen molar-refractivity contribution in [3.63, 3.8) is 0 Å². The molecule has 0 saturated heterocycles. The molecule has 344 valence electrons. The molecule has 8 nitrogen and oxygen atoms in total. The highest BCUT2D eigenvalue weighted by Gasteiger charge is 2.38. The molecule has 0 fully saturated rings. The quantitative estimate of drug-likeness (QED) is 0.112. The Hall–Kier alpha value is -9.92. The lowest BCUT2D eigenvalue weighted by Crippen LogP contribution is -2.31. The van der Waals surface area contributed by atoms with Crippen molar-refractivity contribution < 1.29 is 0 Å². The summed E-state index contributed by atoms with van der Waals surface area (Å²) >= 11 is 0. The average molecular weight is 937 g/mol. The molecular weight excluding hydrogens is 893 g/mol. The van der Waals surface area contributed by atoms with E-state index in [9.17, 15) is 0 Å². The Labute approximate surface area is 423 Å². The molecule has 8 aromatic heterocycles. The lowest BCUT2D eigenvalue weighted by Gasteiger charge is -2.37. The number of hydrogen-bond donors (Lipinski definition) is 0. The minimum atomic E-state index is -0.774. The first-order valence-electron chi connectivity index (χ1n) is 24.1. The van der Waals surface area contributed by atoms with Crippen LogP contribution < -0.4 is 0 Å². The third-order valence-corrected chi connectivity index (χ3v) is 13.5. The minimum absolute atomic E-state index is 0.774. The summed E-state index contributed by atoms with van der Waals surface area (Å²) < 4.78 is 0. The number of pyridine rings is 8. The van der Waals surface area contributed by atoms with Gasteiger partial charge in [-0.25, -0.2) is 0 Å². The second kappa shape index (κ2) is 19.8. The molecule has 0 saturated carbocycles. The fourth-order valence-electron chi connectivity index (χ4n) is 9.65. The van der Waals surface area contributed by atoms with Gasteiger partial charge in [0.2, 0.25) is 0 Å². The van der Waals surface area contributed by atoms with Crippen LogP contribution in [0.3, 0.4) is 0 Å². The molecule has 0 bridgehead atoms. The van der Waals surface area contributed by atoms with Crippen LogP contribution in [0.2, 0.25) is 0 Å². The van der Waals surface area contributed by atoms with Gasteiger partial charge in [-0.2, -0.15) is 0 Å². The van der Waals surface area contributed by atoms with Gasteiger partial charge in [-0.1, -0.05) is 121 Å². The standard InChI is InChI=1S/C65H44N8/c1-5-53(37-66-33-1)61-29-17-49(41-70-61)45-9-21-57(22-10-45)65(58-23-11-46(12-24-58)50-18-30-62(71-42-50)54-6-2-34-67-38-54,59-25-13-47(14-26-59)51-19-31-63(72-43-51)55-7-3-35-68-39-55)60-27-15-48(16-28-60)52-20-32-64(73-44-52)56-8-4-36-69-40-56/h1-44H. The fourth-order valence-corrected chi connectivity index (χ4v) is 9.65. The molecule has 0 N–H and O–H groups in total. The van der Waals surface area contributed by atoms with Gasteiger partial charge in [0.1, 0.15) is 0 Å². The molecule has 0 aliphatic rings. The van der Waals surface area contributed by atoms with Crippen LogP contribution >= 0.6 is 0 Å². The molecule has 0 spiro atoms. The highest BCUT2D eigenvalue weighted by atomic mass is 14.7. The van der Waals surface area contributed by atoms with Crippen LogP contribution in [0.25, 0.3) is 89.5 Å². The van der Waals surface area contributed by atoms with Gasteiger partial charge in [-0.3, -0.25) is 39.9 Å². The molecule has 4 aromatic carbocycles. The van der Waals surface area contributed by atoms with Gasteiger partial charge in [0, 0.05) is 119 Å². The van der Waals surface area contributed by atoms with Crippen molar-refractivity contribution in [3.05, 3.63) is 291 Å². The van der Waals surface area contributed by atoms with Gasteiger partial charge in [-0.05, 0) is 117 Å². The normalized spacial score (nSPS) is 11.3. The van der Waals surface area contributed by atoms with Crippen molar-refractivity contribution in [1.29, 1.82) is 0 Å². The molecule has 8 heteroatoms. The Morgan fingerprint density at radius 1 is 0.192 bits per heavy atom. The summed E-state index contributed by atoms with van der Waals surface area (Å²) in [5.74, 6) is 0. The van der Waals surface area contributed by atoms with Crippen molar-refractivity contribution in [2.45, 2.75) is 5.41 Å². The molecule has 0 aliphatic heterocycles. The largest absolute Gasteiger partial charge is 0.264 e. The van der Waals surface area contributed by atoms with E-state index in [0.717, 1.165) is 112 Å². The van der Waals surface area contributed by atoms with E-state index < -0.39 is 5.41 Å². The molecule has 0 unspecified atom stereocenters. The van der Waals surface area contributed by atoms with Crippen LogP contribution in [-0.2, 0) is 5.41 Å². The topological polar surface area (TPSA) is 103 Å². The Morgan fingerprint density at radius 2 is 0.411 bits per heavy atom. The predicted octanol–water partition coefficient (Wildman–Crippen LogP) is 14.6. The number of hydrogen-bond acceptors (Lipinski definition) is 8. The van der Waals surface area contributed by atoms with E-state index in [2.05, 4.69) is 166 Å². The predicted molar refractivity (Wildman–Crippen MR) is 291 cm³/mol. The van der Waals surface area contributed by atoms with Crippen LogP contribution in [0.4, 0.5) is 0 Å². The molecule has 73 heavy (non-hydrogen) atoms. The number of rotatable bonds is 12. The fraction of sp³-hybridized carbons (Fsp3) is 0.0154. The van der Waals surface area contributed by atoms with Crippen molar-refractivity contribution in [2.75, 3.05) is 0 Å². The molecular formula is C65H44N8. The van der Waals surface area contributed by atoms with Gasteiger partial charge >= 0.3 is 0 Å². The molecule has 0 radical (unpaired) electrons. The maximum absolute atomic E-state index is 4.84. The zero-order chi connectivity index (χ0) is 48.8. The Bertz CT molecular complexity index is 3220. The minimum Gasteiger partial charge on any atom is -0.264 e. The van der Waals surface area contributed by atoms with Crippen molar-refractivity contribution in [3.8, 4) is 89.5 Å². The van der Waals surface area contributed by atoms with E-state index in [1.807, 2.05) is 98.1 Å². The van der Waals surface area contributed by atoms with Gasteiger partial charge in [-0.15, -0.1) is 0 Å². The van der Waals surface area contributed by atoms with E-state index in [-0.39, 0.29) is 0 Å². The second-order valence-corrected chi connectivity index (χ2v) is 17.8. The molecule has 12 rings (SSSR count). The summed E-state index contributed by atoms with van der Waals surface area (Å²) in [4.78, 5) is 36.5. The first kappa shape index (κ1) is 44.3. The van der Waals surface area contributed by atoms with Crippen LogP contribution in [0, 0.1) is 0 Å². The van der Waals surface area contributed by atoms with Crippen LogP contribution in [-0.4, -0.2) is 39.9 Å². The summed E-state index contributed by atoms with van der Waals surface area (Å²) in [6, 6.07) is 68.4. The smallest absolute Gasteiger partial charge is 0.0717 e. The lowest BCUT2D eigenvalue weighted by atomic mass is 9.64. The number of nitrogens with zero attached hydrogens (tertiary/aromatic N) is 8. The zero-order valence-corrected chi connectivity index (χ0v) is 39.5. The zero-order valence-electron chi connectivity index (χ0n) is 39.5. The summed E-state index contributed by atoms with van der Waals surface area (Å²) in [6.07, 6.45) is 22.2. The highest BCUT2D eigenvalue weighted by Crippen LogP contribution is 2.47. The van der Waals surface area contributed by atoms with Crippen molar-refractivity contribution in [1.82, 2.24) is 39.9 Å². The van der Waals surface area contributed by atoms with E-state index in [1.54, 1.807) is 24.8 Å². The average Bonchev–Trinajstić information content (AvgIpc) is 3.49. The van der Waals surface area contributed by atoms with Crippen molar-refractivity contribution >= 4 is 0 Å². The van der Waals surface area contributed by atoms with Crippen molar-refractivity contribution in [2.24, 2.45) is 0 Å². The van der Waals surface area contributed by atoms with E-state index in [4.69, 9.17) is 19.9 Å². The Kier molecular flexibility index (Phi) is 12.0. The third kappa shape index (κ3) is 8.97. The molecule has 8 heterocycles. The van der Waals surface area contributed by atoms with Crippen LogP contribution in [0.15, 0.2) is 268 Å². The Balaban J connectivity index is 0.978. The molecule has 0 aliphatic carbocycles. The SMILES string of the molecule is c1cncc(-c2ccc(-c3ccc(C(c4ccc(-c5ccc(-c6cccnc6)nc5)cc4)(c4ccc(-c5ccc(-c6cccnc6)nc5)cc4)c4ccc(-c5ccc(-c6cccnc6)nc5)cc4)cc3)cn2)c1. The van der Waals surface area contributed by atoms with Gasteiger partial charge in [0.25, 0.3) is 0 Å². The molecule has 12 aromatic rings. The summed E-state index contributed by atoms with van der Waals surface area (Å²) in [5.41, 5.74) is 19.4.